The minimum atomic E-state index is -0.280. The maximum atomic E-state index is 12.3. The van der Waals surface area contributed by atoms with Crippen LogP contribution in [0.5, 0.6) is 11.5 Å². The highest BCUT2D eigenvalue weighted by Crippen LogP contribution is 2.32. The van der Waals surface area contributed by atoms with E-state index in [1.165, 1.54) is 0 Å². The smallest absolute Gasteiger partial charge is 0.271 e. The van der Waals surface area contributed by atoms with Crippen LogP contribution < -0.4 is 14.9 Å². The number of fused-ring (bicyclic) bond motifs is 1. The maximum Gasteiger partial charge on any atom is 0.271 e. The van der Waals surface area contributed by atoms with Crippen molar-refractivity contribution in [1.82, 2.24) is 5.43 Å². The molecule has 0 bridgehead atoms. The van der Waals surface area contributed by atoms with Crippen LogP contribution >= 0.6 is 0 Å². The van der Waals surface area contributed by atoms with Gasteiger partial charge in [0.15, 0.2) is 11.5 Å². The SMILES string of the molecule is CC(C)C(=NNC(=O)c1ccc2c(c1)OCO2)c1ccccc1. The molecule has 2 aromatic carbocycles. The van der Waals surface area contributed by atoms with Crippen molar-refractivity contribution < 1.29 is 14.3 Å². The van der Waals surface area contributed by atoms with Crippen LogP contribution in [0.3, 0.4) is 0 Å². The van der Waals surface area contributed by atoms with Gasteiger partial charge in [-0.3, -0.25) is 4.79 Å². The lowest BCUT2D eigenvalue weighted by Crippen LogP contribution is -2.22. The zero-order valence-corrected chi connectivity index (χ0v) is 13.1. The zero-order valence-electron chi connectivity index (χ0n) is 13.1. The molecule has 0 fully saturated rings. The predicted molar refractivity (Wildman–Crippen MR) is 87.8 cm³/mol. The number of hydrogen-bond acceptors (Lipinski definition) is 4. The Balaban J connectivity index is 1.78. The van der Waals surface area contributed by atoms with Crippen LogP contribution in [0.4, 0.5) is 0 Å². The van der Waals surface area contributed by atoms with Crippen molar-refractivity contribution in [3.8, 4) is 11.5 Å². The summed E-state index contributed by atoms with van der Waals surface area (Å²) in [7, 11) is 0. The van der Waals surface area contributed by atoms with E-state index >= 15 is 0 Å². The first-order valence-corrected chi connectivity index (χ1v) is 7.48. The number of benzene rings is 2. The second-order valence-corrected chi connectivity index (χ2v) is 5.53. The van der Waals surface area contributed by atoms with Gasteiger partial charge >= 0.3 is 0 Å². The standard InChI is InChI=1S/C18H18N2O3/c1-12(2)17(13-6-4-3-5-7-13)19-20-18(21)14-8-9-15-16(10-14)23-11-22-15/h3-10,12H,11H2,1-2H3,(H,20,21). The van der Waals surface area contributed by atoms with E-state index in [0.29, 0.717) is 17.1 Å². The number of ether oxygens (including phenoxy) is 2. The first kappa shape index (κ1) is 15.1. The molecule has 0 unspecified atom stereocenters. The van der Waals surface area contributed by atoms with Crippen LogP contribution in [0.2, 0.25) is 0 Å². The summed E-state index contributed by atoms with van der Waals surface area (Å²) in [4.78, 5) is 12.3. The minimum Gasteiger partial charge on any atom is -0.454 e. The lowest BCUT2D eigenvalue weighted by Gasteiger charge is -2.10. The molecule has 0 atom stereocenters. The van der Waals surface area contributed by atoms with Crippen molar-refractivity contribution in [3.05, 3.63) is 59.7 Å². The molecule has 0 saturated carbocycles. The monoisotopic (exact) mass is 310 g/mol. The molecule has 0 radical (unpaired) electrons. The van der Waals surface area contributed by atoms with Crippen LogP contribution in [0.15, 0.2) is 53.6 Å². The van der Waals surface area contributed by atoms with E-state index < -0.39 is 0 Å². The van der Waals surface area contributed by atoms with Gasteiger partial charge in [-0.25, -0.2) is 5.43 Å². The average molecular weight is 310 g/mol. The molecule has 1 heterocycles. The fraction of sp³-hybridized carbons (Fsp3) is 0.222. The fourth-order valence-corrected chi connectivity index (χ4v) is 2.35. The molecule has 5 nitrogen and oxygen atoms in total. The summed E-state index contributed by atoms with van der Waals surface area (Å²) in [5.41, 5.74) is 4.93. The molecule has 0 aliphatic carbocycles. The van der Waals surface area contributed by atoms with Crippen LogP contribution in [0.1, 0.15) is 29.8 Å². The van der Waals surface area contributed by atoms with Crippen LogP contribution in [-0.2, 0) is 0 Å². The van der Waals surface area contributed by atoms with Gasteiger partial charge in [-0.1, -0.05) is 44.2 Å². The van der Waals surface area contributed by atoms with Crippen molar-refractivity contribution in [2.45, 2.75) is 13.8 Å². The highest BCUT2D eigenvalue weighted by atomic mass is 16.7. The maximum absolute atomic E-state index is 12.3. The second-order valence-electron chi connectivity index (χ2n) is 5.53. The van der Waals surface area contributed by atoms with Gasteiger partial charge in [0.1, 0.15) is 0 Å². The van der Waals surface area contributed by atoms with Crippen LogP contribution in [0.25, 0.3) is 0 Å². The van der Waals surface area contributed by atoms with E-state index in [4.69, 9.17) is 9.47 Å². The van der Waals surface area contributed by atoms with Crippen molar-refractivity contribution in [2.75, 3.05) is 6.79 Å². The Morgan fingerprint density at radius 3 is 2.52 bits per heavy atom. The van der Waals surface area contributed by atoms with Gasteiger partial charge in [0, 0.05) is 5.56 Å². The summed E-state index contributed by atoms with van der Waals surface area (Å²) in [6, 6.07) is 14.9. The van der Waals surface area contributed by atoms with Gasteiger partial charge < -0.3 is 9.47 Å². The van der Waals surface area contributed by atoms with Gasteiger partial charge in [-0.2, -0.15) is 5.10 Å². The lowest BCUT2D eigenvalue weighted by molar-refractivity contribution is 0.0954. The fourth-order valence-electron chi connectivity index (χ4n) is 2.35. The summed E-state index contributed by atoms with van der Waals surface area (Å²) in [5, 5.41) is 4.31. The van der Waals surface area contributed by atoms with Crippen molar-refractivity contribution in [3.63, 3.8) is 0 Å². The summed E-state index contributed by atoms with van der Waals surface area (Å²) in [6.45, 7) is 4.27. The van der Waals surface area contributed by atoms with Crippen molar-refractivity contribution in [2.24, 2.45) is 11.0 Å². The van der Waals surface area contributed by atoms with E-state index in [0.717, 1.165) is 11.3 Å². The quantitative estimate of drug-likeness (QED) is 0.697. The molecule has 3 rings (SSSR count). The van der Waals surface area contributed by atoms with Crippen LogP contribution in [0, 0.1) is 5.92 Å². The van der Waals surface area contributed by atoms with Crippen molar-refractivity contribution >= 4 is 11.6 Å². The number of amides is 1. The molecular weight excluding hydrogens is 292 g/mol. The Bertz CT molecular complexity index is 739. The third-order valence-corrected chi connectivity index (χ3v) is 3.53. The molecule has 1 aliphatic heterocycles. The topological polar surface area (TPSA) is 59.9 Å². The Hall–Kier alpha value is -2.82. The molecule has 0 saturated heterocycles. The molecule has 5 heteroatoms. The minimum absolute atomic E-state index is 0.185. The largest absolute Gasteiger partial charge is 0.454 e. The Morgan fingerprint density at radius 2 is 1.78 bits per heavy atom. The summed E-state index contributed by atoms with van der Waals surface area (Å²) < 4.78 is 10.5. The van der Waals surface area contributed by atoms with Crippen molar-refractivity contribution in [1.29, 1.82) is 0 Å². The first-order chi connectivity index (χ1) is 11.1. The van der Waals surface area contributed by atoms with Gasteiger partial charge in [-0.05, 0) is 29.7 Å². The Kier molecular flexibility index (Phi) is 4.28. The second kappa shape index (κ2) is 6.52. The normalized spacial score (nSPS) is 13.3. The highest BCUT2D eigenvalue weighted by molar-refractivity contribution is 6.03. The first-order valence-electron chi connectivity index (χ1n) is 7.48. The van der Waals surface area contributed by atoms with Gasteiger partial charge in [0.25, 0.3) is 5.91 Å². The summed E-state index contributed by atoms with van der Waals surface area (Å²) in [6.07, 6.45) is 0. The van der Waals surface area contributed by atoms with Gasteiger partial charge in [0.2, 0.25) is 6.79 Å². The molecule has 1 N–H and O–H groups in total. The molecule has 118 valence electrons. The van der Waals surface area contributed by atoms with E-state index in [1.54, 1.807) is 18.2 Å². The zero-order chi connectivity index (χ0) is 16.2. The van der Waals surface area contributed by atoms with E-state index in [-0.39, 0.29) is 18.6 Å². The average Bonchev–Trinajstić information content (AvgIpc) is 3.03. The number of carbonyl (C=O) groups excluding carboxylic acids is 1. The molecule has 1 amide bonds. The van der Waals surface area contributed by atoms with E-state index in [1.807, 2.05) is 44.2 Å². The number of nitrogens with zero attached hydrogens (tertiary/aromatic N) is 1. The summed E-state index contributed by atoms with van der Waals surface area (Å²) >= 11 is 0. The van der Waals surface area contributed by atoms with Crippen LogP contribution in [-0.4, -0.2) is 18.4 Å². The molecule has 2 aromatic rings. The highest BCUT2D eigenvalue weighted by Gasteiger charge is 2.16. The van der Waals surface area contributed by atoms with Gasteiger partial charge in [-0.15, -0.1) is 0 Å². The Morgan fingerprint density at radius 1 is 1.04 bits per heavy atom. The third-order valence-electron chi connectivity index (χ3n) is 3.53. The van der Waals surface area contributed by atoms with E-state index in [2.05, 4.69) is 10.5 Å². The van der Waals surface area contributed by atoms with Gasteiger partial charge in [0.05, 0.1) is 5.71 Å². The molecule has 0 spiro atoms. The number of rotatable bonds is 4. The number of hydrogen-bond donors (Lipinski definition) is 1. The molecule has 0 aromatic heterocycles. The van der Waals surface area contributed by atoms with E-state index in [9.17, 15) is 4.79 Å². The summed E-state index contributed by atoms with van der Waals surface area (Å²) in [5.74, 6) is 1.14. The number of carbonyl (C=O) groups is 1. The molecular formula is C18H18N2O3. The lowest BCUT2D eigenvalue weighted by atomic mass is 10.0. The Labute approximate surface area is 134 Å². The number of nitrogens with one attached hydrogen (secondary N) is 1. The molecule has 23 heavy (non-hydrogen) atoms. The predicted octanol–water partition coefficient (Wildman–Crippen LogP) is 3.21. The molecule has 1 aliphatic rings. The third kappa shape index (κ3) is 3.34. The number of hydrazone groups is 1.